The zero-order chi connectivity index (χ0) is 23.0. The van der Waals surface area contributed by atoms with Crippen molar-refractivity contribution in [2.45, 2.75) is 67.2 Å². The fraction of sp³-hybridized carbons (Fsp3) is 0.909. The summed E-state index contributed by atoms with van der Waals surface area (Å²) in [4.78, 5) is 0. The van der Waals surface area contributed by atoms with Gasteiger partial charge < -0.3 is 21.3 Å². The van der Waals surface area contributed by atoms with Crippen LogP contribution in [0.1, 0.15) is 67.2 Å². The molecule has 190 valence electrons. The molecular weight excluding hydrogens is 641 g/mol. The van der Waals surface area contributed by atoms with E-state index < -0.39 is 0 Å². The second kappa shape index (κ2) is 29.0. The van der Waals surface area contributed by atoms with Gasteiger partial charge in [-0.15, -0.1) is 15.8 Å². The van der Waals surface area contributed by atoms with Gasteiger partial charge in [-0.3, -0.25) is 0 Å². The van der Waals surface area contributed by atoms with Gasteiger partial charge in [-0.05, 0) is 87.1 Å². The molecule has 0 aliphatic carbocycles. The average Bonchev–Trinajstić information content (AvgIpc) is 3.16. The van der Waals surface area contributed by atoms with Crippen LogP contribution in [0.25, 0.3) is 0 Å². The topological polar surface area (TPSA) is 48.1 Å². The number of nitrogens with one attached hydrogen (secondary N) is 4. The first-order valence-electron chi connectivity index (χ1n) is 12.0. The van der Waals surface area contributed by atoms with E-state index in [-0.39, 0.29) is 21.1 Å². The molecule has 0 amide bonds. The molecule has 2 saturated heterocycles. The zero-order valence-electron chi connectivity index (χ0n) is 20.9. The monoisotopic (exact) mass is 691 g/mol. The Labute approximate surface area is 222 Å². The molecule has 2 heterocycles. The van der Waals surface area contributed by atoms with Gasteiger partial charge in [-0.2, -0.15) is 0 Å². The van der Waals surface area contributed by atoms with Crippen LogP contribution in [-0.2, 0) is 21.1 Å². The Bertz CT molecular complexity index is 333. The van der Waals surface area contributed by atoms with Crippen molar-refractivity contribution < 1.29 is 21.1 Å². The molecule has 2 aliphatic rings. The first-order chi connectivity index (χ1) is 14.5. The van der Waals surface area contributed by atoms with E-state index in [0.29, 0.717) is 15.8 Å². The van der Waals surface area contributed by atoms with E-state index >= 15 is 0 Å². The van der Waals surface area contributed by atoms with E-state index in [1.54, 1.807) is 0 Å². The first kappa shape index (κ1) is 36.5. The zero-order valence-corrected chi connectivity index (χ0v) is 26.6. The Balaban J connectivity index is -0.000000335. The Hall–Kier alpha value is 0.928. The van der Waals surface area contributed by atoms with Gasteiger partial charge in [0.25, 0.3) is 0 Å². The maximum atomic E-state index is 4.87. The summed E-state index contributed by atoms with van der Waals surface area (Å²) in [5, 5.41) is 13.9. The van der Waals surface area contributed by atoms with Crippen LogP contribution in [0.15, 0.2) is 0 Å². The van der Waals surface area contributed by atoms with Gasteiger partial charge >= 0.3 is 0 Å². The molecular formula is C22H50N4P2PtS2. The van der Waals surface area contributed by atoms with Gasteiger partial charge in [0.2, 0.25) is 0 Å². The molecule has 0 saturated carbocycles. The first-order valence-corrected chi connectivity index (χ1v) is 16.6. The Morgan fingerprint density at radius 2 is 0.710 bits per heavy atom. The minimum Gasteiger partial charge on any atom is -0.363 e. The van der Waals surface area contributed by atoms with E-state index in [1.165, 1.54) is 62.7 Å². The fourth-order valence-corrected chi connectivity index (χ4v) is 5.87. The van der Waals surface area contributed by atoms with E-state index in [0.717, 1.165) is 36.4 Å². The van der Waals surface area contributed by atoms with Gasteiger partial charge in [-0.25, -0.2) is 0 Å². The average molecular weight is 692 g/mol. The summed E-state index contributed by atoms with van der Waals surface area (Å²) in [6, 6.07) is 0. The van der Waals surface area contributed by atoms with Crippen LogP contribution in [-0.4, -0.2) is 73.4 Å². The largest absolute Gasteiger partial charge is 0.363 e. The van der Waals surface area contributed by atoms with Crippen molar-refractivity contribution in [1.82, 2.24) is 21.3 Å². The van der Waals surface area contributed by atoms with Crippen molar-refractivity contribution in [3.8, 4) is 0 Å². The van der Waals surface area contributed by atoms with Crippen LogP contribution in [0.3, 0.4) is 0 Å². The minimum absolute atomic E-state index is 0. The molecule has 0 aromatic carbocycles. The minimum atomic E-state index is 0. The standard InChI is InChI=1S/2C6H15P.2C5H10N2S.Pt/c2*1-4-7(5-2)6-3;2*8-5-6-3-1-2-4-7-5;/h2*4-6H2,1-3H3;2*1-4H2,(H2,6,7,8);. The van der Waals surface area contributed by atoms with Crippen LogP contribution >= 0.6 is 40.3 Å². The van der Waals surface area contributed by atoms with E-state index in [9.17, 15) is 0 Å². The molecule has 0 atom stereocenters. The molecule has 4 nitrogen and oxygen atoms in total. The van der Waals surface area contributed by atoms with E-state index in [4.69, 9.17) is 24.4 Å². The molecule has 2 rings (SSSR count). The molecule has 9 heteroatoms. The summed E-state index contributed by atoms with van der Waals surface area (Å²) in [5.41, 5.74) is 0. The quantitative estimate of drug-likeness (QED) is 0.217. The van der Waals surface area contributed by atoms with Gasteiger partial charge in [-0.1, -0.05) is 41.5 Å². The summed E-state index contributed by atoms with van der Waals surface area (Å²) >= 11 is 9.74. The summed E-state index contributed by atoms with van der Waals surface area (Å²) in [7, 11) is 0.892. The predicted octanol–water partition coefficient (Wildman–Crippen LogP) is 5.54. The Morgan fingerprint density at radius 3 is 0.839 bits per heavy atom. The maximum absolute atomic E-state index is 4.87. The molecule has 0 spiro atoms. The van der Waals surface area contributed by atoms with Crippen molar-refractivity contribution >= 4 is 50.5 Å². The Morgan fingerprint density at radius 1 is 0.516 bits per heavy atom. The Kier molecular flexibility index (Phi) is 34.1. The van der Waals surface area contributed by atoms with Crippen LogP contribution in [0.4, 0.5) is 0 Å². The second-order valence-electron chi connectivity index (χ2n) is 7.02. The number of hydrogen-bond acceptors (Lipinski definition) is 2. The van der Waals surface area contributed by atoms with Crippen molar-refractivity contribution in [1.29, 1.82) is 0 Å². The van der Waals surface area contributed by atoms with Crippen LogP contribution in [0, 0.1) is 0 Å². The van der Waals surface area contributed by atoms with Crippen molar-refractivity contribution in [3.05, 3.63) is 0 Å². The van der Waals surface area contributed by atoms with Gasteiger partial charge in [0.05, 0.1) is 0 Å². The van der Waals surface area contributed by atoms with Crippen molar-refractivity contribution in [3.63, 3.8) is 0 Å². The summed E-state index contributed by atoms with van der Waals surface area (Å²) < 4.78 is 0. The fourth-order valence-electron chi connectivity index (χ4n) is 2.77. The molecule has 31 heavy (non-hydrogen) atoms. The van der Waals surface area contributed by atoms with Crippen molar-refractivity contribution in [2.75, 3.05) is 63.2 Å². The van der Waals surface area contributed by atoms with Gasteiger partial charge in [0.1, 0.15) is 0 Å². The molecule has 2 aliphatic heterocycles. The van der Waals surface area contributed by atoms with Gasteiger partial charge in [0.15, 0.2) is 10.2 Å². The summed E-state index contributed by atoms with van der Waals surface area (Å²) in [5.74, 6) is 0. The molecule has 0 bridgehead atoms. The molecule has 0 aromatic heterocycles. The van der Waals surface area contributed by atoms with Crippen LogP contribution in [0.5, 0.6) is 0 Å². The van der Waals surface area contributed by atoms with Gasteiger partial charge in [0, 0.05) is 47.2 Å². The molecule has 4 N–H and O–H groups in total. The summed E-state index contributed by atoms with van der Waals surface area (Å²) in [6.45, 7) is 17.9. The number of thiocarbonyl (C=S) groups is 2. The molecule has 0 radical (unpaired) electrons. The number of rotatable bonds is 6. The van der Waals surface area contributed by atoms with Crippen LogP contribution < -0.4 is 21.3 Å². The molecule has 0 unspecified atom stereocenters. The normalized spacial score (nSPS) is 15.4. The number of hydrogen-bond donors (Lipinski definition) is 4. The second-order valence-corrected chi connectivity index (χ2v) is 14.3. The molecule has 2 fully saturated rings. The SMILES string of the molecule is CCP(CC)CC.CCP(CC)CC.S=C1NCCCCN1.S=C1NCCCCN1.[Pt]. The van der Waals surface area contributed by atoms with E-state index in [1.807, 2.05) is 0 Å². The third-order valence-electron chi connectivity index (χ3n) is 5.03. The van der Waals surface area contributed by atoms with Crippen LogP contribution in [0.2, 0.25) is 0 Å². The molecule has 0 aromatic rings. The smallest absolute Gasteiger partial charge is 0.166 e. The third kappa shape index (κ3) is 27.1. The third-order valence-corrected chi connectivity index (χ3v) is 11.0. The predicted molar refractivity (Wildman–Crippen MR) is 153 cm³/mol. The van der Waals surface area contributed by atoms with E-state index in [2.05, 4.69) is 62.8 Å². The maximum Gasteiger partial charge on any atom is 0.166 e. The summed E-state index contributed by atoms with van der Waals surface area (Å²) in [6.07, 6.45) is 13.4. The van der Waals surface area contributed by atoms with Crippen molar-refractivity contribution in [2.24, 2.45) is 0 Å².